The third-order valence-electron chi connectivity index (χ3n) is 3.54. The first kappa shape index (κ1) is 16.5. The lowest BCUT2D eigenvalue weighted by molar-refractivity contribution is 0.580. The maximum atomic E-state index is 4.19. The predicted molar refractivity (Wildman–Crippen MR) is 90.8 cm³/mol. The van der Waals surface area contributed by atoms with Gasteiger partial charge in [0.25, 0.3) is 0 Å². The second kappa shape index (κ2) is 11.3. The fourth-order valence-electron chi connectivity index (χ4n) is 2.31. The van der Waals surface area contributed by atoms with E-state index in [0.29, 0.717) is 0 Å². The number of hydrogen-bond acceptors (Lipinski definition) is 0. The second-order valence-corrected chi connectivity index (χ2v) is 6.03. The zero-order valence-electron chi connectivity index (χ0n) is 12.0. The van der Waals surface area contributed by atoms with E-state index in [4.69, 9.17) is 0 Å². The quantitative estimate of drug-likeness (QED) is 0.318. The molecule has 19 heavy (non-hydrogen) atoms. The highest BCUT2D eigenvalue weighted by molar-refractivity contribution is 9.09. The van der Waals surface area contributed by atoms with Gasteiger partial charge in [-0.1, -0.05) is 91.4 Å². The van der Waals surface area contributed by atoms with Gasteiger partial charge in [-0.15, -0.1) is 0 Å². The highest BCUT2D eigenvalue weighted by atomic mass is 79.9. The van der Waals surface area contributed by atoms with Gasteiger partial charge in [0.1, 0.15) is 0 Å². The van der Waals surface area contributed by atoms with E-state index in [2.05, 4.69) is 52.8 Å². The average Bonchev–Trinajstić information content (AvgIpc) is 2.46. The van der Waals surface area contributed by atoms with Crippen molar-refractivity contribution in [3.63, 3.8) is 0 Å². The molecule has 0 spiro atoms. The number of allylic oxidation sites excluding steroid dienone is 1. The molecule has 0 saturated carbocycles. The molecule has 0 atom stereocenters. The van der Waals surface area contributed by atoms with E-state index in [1.165, 1.54) is 62.5 Å². The summed E-state index contributed by atoms with van der Waals surface area (Å²) in [4.78, 5) is 0. The summed E-state index contributed by atoms with van der Waals surface area (Å²) >= 11 is 3.48. The van der Waals surface area contributed by atoms with Crippen LogP contribution in [0.5, 0.6) is 0 Å². The standard InChI is InChI=1S/C18H27Br/c1-17(18-14-10-8-11-15-18)13-9-6-4-2-3-5-7-12-16-19/h8,10-11,14-15H,1-7,9,12-13,16H2. The van der Waals surface area contributed by atoms with Crippen LogP contribution in [0.25, 0.3) is 5.57 Å². The molecule has 0 nitrogen and oxygen atoms in total. The van der Waals surface area contributed by atoms with Gasteiger partial charge in [-0.2, -0.15) is 0 Å². The summed E-state index contributed by atoms with van der Waals surface area (Å²) in [6, 6.07) is 10.6. The number of halogens is 1. The van der Waals surface area contributed by atoms with Gasteiger partial charge in [-0.25, -0.2) is 0 Å². The Hall–Kier alpha value is -0.560. The Labute approximate surface area is 127 Å². The number of alkyl halides is 1. The number of rotatable bonds is 11. The zero-order valence-corrected chi connectivity index (χ0v) is 13.6. The van der Waals surface area contributed by atoms with Crippen molar-refractivity contribution in [2.75, 3.05) is 5.33 Å². The lowest BCUT2D eigenvalue weighted by atomic mass is 10.0. The average molecular weight is 323 g/mol. The van der Waals surface area contributed by atoms with Crippen LogP contribution in [0.2, 0.25) is 0 Å². The van der Waals surface area contributed by atoms with Crippen molar-refractivity contribution in [1.82, 2.24) is 0 Å². The van der Waals surface area contributed by atoms with Crippen molar-refractivity contribution in [2.24, 2.45) is 0 Å². The molecule has 0 aliphatic heterocycles. The monoisotopic (exact) mass is 322 g/mol. The smallest absolute Gasteiger partial charge is 0.00313 e. The molecule has 0 fully saturated rings. The van der Waals surface area contributed by atoms with E-state index >= 15 is 0 Å². The van der Waals surface area contributed by atoms with Gasteiger partial charge in [0, 0.05) is 5.33 Å². The van der Waals surface area contributed by atoms with E-state index in [1.54, 1.807) is 0 Å². The second-order valence-electron chi connectivity index (χ2n) is 5.24. The summed E-state index contributed by atoms with van der Waals surface area (Å²) in [6.07, 6.45) is 12.1. The lowest BCUT2D eigenvalue weighted by Crippen LogP contribution is -1.85. The zero-order chi connectivity index (χ0) is 13.8. The van der Waals surface area contributed by atoms with Gasteiger partial charge in [-0.05, 0) is 30.4 Å². The van der Waals surface area contributed by atoms with E-state index in [9.17, 15) is 0 Å². The van der Waals surface area contributed by atoms with Crippen LogP contribution < -0.4 is 0 Å². The molecule has 0 N–H and O–H groups in total. The van der Waals surface area contributed by atoms with Crippen LogP contribution in [0, 0.1) is 0 Å². The molecule has 0 bridgehead atoms. The summed E-state index contributed by atoms with van der Waals surface area (Å²) in [6.45, 7) is 4.19. The number of benzene rings is 1. The Morgan fingerprint density at radius 2 is 1.32 bits per heavy atom. The molecular formula is C18H27Br. The molecule has 0 amide bonds. The third-order valence-corrected chi connectivity index (χ3v) is 4.10. The summed E-state index contributed by atoms with van der Waals surface area (Å²) in [5, 5.41) is 1.16. The molecule has 0 unspecified atom stereocenters. The summed E-state index contributed by atoms with van der Waals surface area (Å²) in [5.41, 5.74) is 2.59. The third kappa shape index (κ3) is 8.26. The van der Waals surface area contributed by atoms with Crippen LogP contribution in [-0.2, 0) is 0 Å². The molecule has 0 radical (unpaired) electrons. The number of hydrogen-bond donors (Lipinski definition) is 0. The number of unbranched alkanes of at least 4 members (excludes halogenated alkanes) is 7. The van der Waals surface area contributed by atoms with Gasteiger partial charge in [0.2, 0.25) is 0 Å². The molecule has 0 heterocycles. The minimum Gasteiger partial charge on any atom is -0.0952 e. The first-order valence-electron chi connectivity index (χ1n) is 7.64. The maximum Gasteiger partial charge on any atom is 0.00313 e. The lowest BCUT2D eigenvalue weighted by Gasteiger charge is -2.06. The Kier molecular flexibility index (Phi) is 9.79. The largest absolute Gasteiger partial charge is 0.0952 e. The molecule has 1 aromatic rings. The fraction of sp³-hybridized carbons (Fsp3) is 0.556. The first-order valence-corrected chi connectivity index (χ1v) is 8.76. The predicted octanol–water partition coefficient (Wildman–Crippen LogP) is 6.61. The van der Waals surface area contributed by atoms with Gasteiger partial charge < -0.3 is 0 Å². The van der Waals surface area contributed by atoms with Crippen LogP contribution in [0.1, 0.15) is 63.4 Å². The van der Waals surface area contributed by atoms with Gasteiger partial charge in [0.15, 0.2) is 0 Å². The Morgan fingerprint density at radius 1 is 0.789 bits per heavy atom. The summed E-state index contributed by atoms with van der Waals surface area (Å²) < 4.78 is 0. The van der Waals surface area contributed by atoms with E-state index in [1.807, 2.05) is 0 Å². The SMILES string of the molecule is C=C(CCCCCCCCCCBr)c1ccccc1. The summed E-state index contributed by atoms with van der Waals surface area (Å²) in [5.74, 6) is 0. The molecule has 0 aliphatic rings. The van der Waals surface area contributed by atoms with Gasteiger partial charge >= 0.3 is 0 Å². The van der Waals surface area contributed by atoms with Crippen LogP contribution in [-0.4, -0.2) is 5.33 Å². The summed E-state index contributed by atoms with van der Waals surface area (Å²) in [7, 11) is 0. The van der Waals surface area contributed by atoms with Crippen molar-refractivity contribution in [2.45, 2.75) is 57.8 Å². The van der Waals surface area contributed by atoms with Crippen molar-refractivity contribution in [1.29, 1.82) is 0 Å². The minimum atomic E-state index is 1.15. The Morgan fingerprint density at radius 3 is 1.89 bits per heavy atom. The maximum absolute atomic E-state index is 4.19. The van der Waals surface area contributed by atoms with Gasteiger partial charge in [0.05, 0.1) is 0 Å². The molecule has 0 aromatic heterocycles. The van der Waals surface area contributed by atoms with E-state index in [0.717, 1.165) is 11.8 Å². The molecule has 1 heteroatoms. The molecule has 1 rings (SSSR count). The molecule has 106 valence electrons. The first-order chi connectivity index (χ1) is 9.34. The molecule has 0 saturated heterocycles. The topological polar surface area (TPSA) is 0 Å². The van der Waals surface area contributed by atoms with Crippen LogP contribution in [0.15, 0.2) is 36.9 Å². The van der Waals surface area contributed by atoms with Crippen molar-refractivity contribution >= 4 is 21.5 Å². The van der Waals surface area contributed by atoms with Crippen LogP contribution >= 0.6 is 15.9 Å². The highest BCUT2D eigenvalue weighted by Crippen LogP contribution is 2.19. The van der Waals surface area contributed by atoms with Crippen LogP contribution in [0.4, 0.5) is 0 Å². The molecular weight excluding hydrogens is 296 g/mol. The minimum absolute atomic E-state index is 1.15. The molecule has 1 aromatic carbocycles. The fourth-order valence-corrected chi connectivity index (χ4v) is 2.71. The van der Waals surface area contributed by atoms with Crippen molar-refractivity contribution in [3.8, 4) is 0 Å². The Bertz CT molecular complexity index is 329. The van der Waals surface area contributed by atoms with Crippen molar-refractivity contribution in [3.05, 3.63) is 42.5 Å². The van der Waals surface area contributed by atoms with Gasteiger partial charge in [-0.3, -0.25) is 0 Å². The normalized spacial score (nSPS) is 10.6. The highest BCUT2D eigenvalue weighted by Gasteiger charge is 1.98. The molecule has 0 aliphatic carbocycles. The van der Waals surface area contributed by atoms with Crippen molar-refractivity contribution < 1.29 is 0 Å². The van der Waals surface area contributed by atoms with E-state index < -0.39 is 0 Å². The van der Waals surface area contributed by atoms with Crippen LogP contribution in [0.3, 0.4) is 0 Å². The van der Waals surface area contributed by atoms with E-state index in [-0.39, 0.29) is 0 Å². The Balaban J connectivity index is 1.95.